The number of carbonyl (C=O) groups is 1. The lowest BCUT2D eigenvalue weighted by Gasteiger charge is -2.30. The highest BCUT2D eigenvalue weighted by Crippen LogP contribution is 2.39. The molecule has 2 aliphatic heterocycles. The summed E-state index contributed by atoms with van der Waals surface area (Å²) in [6.45, 7) is 4.76. The first-order valence-electron chi connectivity index (χ1n) is 11.4. The number of carbonyl (C=O) groups excluding carboxylic acids is 1. The van der Waals surface area contributed by atoms with Crippen LogP contribution in [0.25, 0.3) is 22.4 Å². The van der Waals surface area contributed by atoms with Gasteiger partial charge in [0.05, 0.1) is 24.4 Å². The summed E-state index contributed by atoms with van der Waals surface area (Å²) in [5, 5.41) is 9.91. The SMILES string of the molecule is CC1(OC(=O)N2CCC(c3noc(-c4ccc5cnn([C@H]6CCOC6)c5c4)n3)CC2)CC1. The van der Waals surface area contributed by atoms with Gasteiger partial charge in [-0.25, -0.2) is 4.79 Å². The van der Waals surface area contributed by atoms with Gasteiger partial charge in [-0.2, -0.15) is 10.1 Å². The Kier molecular flexibility index (Phi) is 4.67. The van der Waals surface area contributed by atoms with Gasteiger partial charge in [-0.3, -0.25) is 4.68 Å². The molecule has 3 aromatic rings. The molecule has 0 unspecified atom stereocenters. The Morgan fingerprint density at radius 3 is 2.81 bits per heavy atom. The first-order valence-corrected chi connectivity index (χ1v) is 11.4. The molecule has 9 nitrogen and oxygen atoms in total. The van der Waals surface area contributed by atoms with Crippen molar-refractivity contribution in [3.8, 4) is 11.5 Å². The predicted octanol–water partition coefficient (Wildman–Crippen LogP) is 3.92. The van der Waals surface area contributed by atoms with Crippen LogP contribution in [0.1, 0.15) is 56.8 Å². The second kappa shape index (κ2) is 7.58. The summed E-state index contributed by atoms with van der Waals surface area (Å²) in [6, 6.07) is 6.36. The Hall–Kier alpha value is -2.94. The van der Waals surface area contributed by atoms with Crippen molar-refractivity contribution in [3.63, 3.8) is 0 Å². The van der Waals surface area contributed by atoms with Crippen molar-refractivity contribution in [1.82, 2.24) is 24.8 Å². The van der Waals surface area contributed by atoms with E-state index in [4.69, 9.17) is 19.0 Å². The van der Waals surface area contributed by atoms with Crippen molar-refractivity contribution in [2.24, 2.45) is 0 Å². The largest absolute Gasteiger partial charge is 0.443 e. The Labute approximate surface area is 185 Å². The van der Waals surface area contributed by atoms with Crippen molar-refractivity contribution in [1.29, 1.82) is 0 Å². The van der Waals surface area contributed by atoms with E-state index in [1.165, 1.54) is 0 Å². The van der Waals surface area contributed by atoms with Crippen LogP contribution in [0.2, 0.25) is 0 Å². The maximum atomic E-state index is 12.3. The van der Waals surface area contributed by atoms with Crippen molar-refractivity contribution < 1.29 is 18.8 Å². The molecule has 0 bridgehead atoms. The molecular weight excluding hydrogens is 410 g/mol. The molecule has 9 heteroatoms. The maximum Gasteiger partial charge on any atom is 0.410 e. The van der Waals surface area contributed by atoms with Crippen LogP contribution >= 0.6 is 0 Å². The zero-order chi connectivity index (χ0) is 21.7. The van der Waals surface area contributed by atoms with Gasteiger partial charge in [-0.05, 0) is 51.2 Å². The quantitative estimate of drug-likeness (QED) is 0.610. The van der Waals surface area contributed by atoms with Gasteiger partial charge in [0, 0.05) is 36.6 Å². The summed E-state index contributed by atoms with van der Waals surface area (Å²) in [4.78, 5) is 18.8. The Morgan fingerprint density at radius 2 is 2.06 bits per heavy atom. The first kappa shape index (κ1) is 19.7. The summed E-state index contributed by atoms with van der Waals surface area (Å²) >= 11 is 0. The number of rotatable bonds is 4. The molecule has 3 aliphatic rings. The molecule has 0 radical (unpaired) electrons. The number of likely N-dealkylation sites (tertiary alicyclic amines) is 1. The highest BCUT2D eigenvalue weighted by molar-refractivity contribution is 5.83. The monoisotopic (exact) mass is 437 g/mol. The van der Waals surface area contributed by atoms with E-state index < -0.39 is 0 Å². The van der Waals surface area contributed by atoms with Gasteiger partial charge < -0.3 is 18.9 Å². The number of hydrogen-bond donors (Lipinski definition) is 0. The lowest BCUT2D eigenvalue weighted by Crippen LogP contribution is -2.40. The number of aromatic nitrogens is 4. The third kappa shape index (κ3) is 3.64. The molecule has 1 saturated carbocycles. The van der Waals surface area contributed by atoms with Crippen LogP contribution in [0.15, 0.2) is 28.9 Å². The number of hydrogen-bond acceptors (Lipinski definition) is 7. The summed E-state index contributed by atoms with van der Waals surface area (Å²) in [7, 11) is 0. The number of ether oxygens (including phenoxy) is 2. The van der Waals surface area contributed by atoms with Crippen LogP contribution in [0.5, 0.6) is 0 Å². The Bertz CT molecular complexity index is 1140. The Morgan fingerprint density at radius 1 is 1.22 bits per heavy atom. The topological polar surface area (TPSA) is 95.5 Å². The molecule has 32 heavy (non-hydrogen) atoms. The van der Waals surface area contributed by atoms with Crippen LogP contribution in [-0.4, -0.2) is 62.8 Å². The van der Waals surface area contributed by atoms with Crippen LogP contribution in [0.3, 0.4) is 0 Å². The molecule has 1 aliphatic carbocycles. The number of amides is 1. The number of nitrogens with zero attached hydrogens (tertiary/aromatic N) is 5. The molecule has 1 amide bonds. The van der Waals surface area contributed by atoms with Gasteiger partial charge in [0.25, 0.3) is 5.89 Å². The van der Waals surface area contributed by atoms with E-state index >= 15 is 0 Å². The van der Waals surface area contributed by atoms with Crippen LogP contribution in [-0.2, 0) is 9.47 Å². The molecular formula is C23H27N5O4. The Balaban J connectivity index is 1.15. The second-order valence-electron chi connectivity index (χ2n) is 9.42. The van der Waals surface area contributed by atoms with Crippen molar-refractivity contribution in [3.05, 3.63) is 30.2 Å². The molecule has 2 aromatic heterocycles. The fourth-order valence-corrected chi connectivity index (χ4v) is 4.57. The zero-order valence-corrected chi connectivity index (χ0v) is 18.2. The lowest BCUT2D eigenvalue weighted by molar-refractivity contribution is 0.0518. The molecule has 4 heterocycles. The number of piperidine rings is 1. The first-order chi connectivity index (χ1) is 15.6. The summed E-state index contributed by atoms with van der Waals surface area (Å²) in [5.74, 6) is 1.40. The van der Waals surface area contributed by atoms with Crippen molar-refractivity contribution >= 4 is 17.0 Å². The van der Waals surface area contributed by atoms with Crippen molar-refractivity contribution in [2.75, 3.05) is 26.3 Å². The third-order valence-electron chi connectivity index (χ3n) is 6.94. The van der Waals surface area contributed by atoms with E-state index in [2.05, 4.69) is 16.3 Å². The zero-order valence-electron chi connectivity index (χ0n) is 18.2. The minimum absolute atomic E-state index is 0.179. The van der Waals surface area contributed by atoms with Gasteiger partial charge in [0.1, 0.15) is 5.60 Å². The average Bonchev–Trinajstić information content (AvgIpc) is 3.29. The van der Waals surface area contributed by atoms with E-state index in [0.717, 1.165) is 55.2 Å². The highest BCUT2D eigenvalue weighted by Gasteiger charge is 2.43. The minimum Gasteiger partial charge on any atom is -0.443 e. The van der Waals surface area contributed by atoms with Crippen molar-refractivity contribution in [2.45, 2.75) is 56.6 Å². The molecule has 2 saturated heterocycles. The van der Waals surface area contributed by atoms with E-state index in [9.17, 15) is 4.79 Å². The van der Waals surface area contributed by atoms with E-state index in [1.54, 1.807) is 4.90 Å². The van der Waals surface area contributed by atoms with E-state index in [0.29, 0.717) is 31.4 Å². The van der Waals surface area contributed by atoms with Gasteiger partial charge in [0.2, 0.25) is 0 Å². The molecule has 1 aromatic carbocycles. The average molecular weight is 438 g/mol. The number of benzene rings is 1. The van der Waals surface area contributed by atoms with Crippen LogP contribution in [0, 0.1) is 0 Å². The fraction of sp³-hybridized carbons (Fsp3) is 0.565. The predicted molar refractivity (Wildman–Crippen MR) is 115 cm³/mol. The summed E-state index contributed by atoms with van der Waals surface area (Å²) < 4.78 is 18.8. The molecule has 0 N–H and O–H groups in total. The number of fused-ring (bicyclic) bond motifs is 1. The van der Waals surface area contributed by atoms with E-state index in [-0.39, 0.29) is 23.7 Å². The minimum atomic E-state index is -0.238. The highest BCUT2D eigenvalue weighted by atomic mass is 16.6. The van der Waals surface area contributed by atoms with E-state index in [1.807, 2.05) is 29.9 Å². The third-order valence-corrected chi connectivity index (χ3v) is 6.94. The van der Waals surface area contributed by atoms with Gasteiger partial charge in [0.15, 0.2) is 5.82 Å². The fourth-order valence-electron chi connectivity index (χ4n) is 4.57. The van der Waals surface area contributed by atoms with Gasteiger partial charge >= 0.3 is 6.09 Å². The van der Waals surface area contributed by atoms with Crippen LogP contribution < -0.4 is 0 Å². The molecule has 0 spiro atoms. The smallest absolute Gasteiger partial charge is 0.410 e. The van der Waals surface area contributed by atoms with Crippen LogP contribution in [0.4, 0.5) is 4.79 Å². The maximum absolute atomic E-state index is 12.3. The molecule has 1 atom stereocenters. The molecule has 3 fully saturated rings. The standard InChI is InChI=1S/C23H27N5O4/c1-23(7-8-23)31-22(29)27-9-4-15(5-10-27)20-25-21(32-26-20)16-2-3-17-13-24-28(19(17)12-16)18-6-11-30-14-18/h2-3,12-13,15,18H,4-11,14H2,1H3/t18-/m0/s1. The van der Waals surface area contributed by atoms with Gasteiger partial charge in [-0.15, -0.1) is 0 Å². The second-order valence-corrected chi connectivity index (χ2v) is 9.42. The summed E-state index contributed by atoms with van der Waals surface area (Å²) in [6.07, 6.45) is 6.19. The molecule has 6 rings (SSSR count). The summed E-state index contributed by atoms with van der Waals surface area (Å²) in [5.41, 5.74) is 1.70. The lowest BCUT2D eigenvalue weighted by atomic mass is 9.96. The van der Waals surface area contributed by atoms with Gasteiger partial charge in [-0.1, -0.05) is 11.2 Å². The molecule has 168 valence electrons. The normalized spacial score (nSPS) is 23.0.